The lowest BCUT2D eigenvalue weighted by atomic mass is 10.1. The van der Waals surface area contributed by atoms with Crippen molar-refractivity contribution < 1.29 is 9.47 Å². The Kier molecular flexibility index (Phi) is 11.0. The summed E-state index contributed by atoms with van der Waals surface area (Å²) in [4.78, 5) is 8.83. The maximum Gasteiger partial charge on any atom is 0.191 e. The number of hydrogen-bond acceptors (Lipinski definition) is 4. The minimum atomic E-state index is 0. The first-order valence-electron chi connectivity index (χ1n) is 10.5. The van der Waals surface area contributed by atoms with Gasteiger partial charge in [-0.15, -0.1) is 24.0 Å². The van der Waals surface area contributed by atoms with Crippen LogP contribution in [0.25, 0.3) is 0 Å². The molecule has 0 saturated carbocycles. The second-order valence-electron chi connectivity index (χ2n) is 7.43. The number of benzene rings is 1. The Hall–Kier alpha value is -1.81. The monoisotopic (exact) mass is 527 g/mol. The SMILES string of the molecule is CCNC(=NCc1ccc(C)cc1OCC1CCOC1)NCCCn1ccnc1.I. The number of rotatable bonds is 10. The van der Waals surface area contributed by atoms with Crippen molar-refractivity contribution in [2.24, 2.45) is 10.9 Å². The summed E-state index contributed by atoms with van der Waals surface area (Å²) in [5.74, 6) is 2.24. The summed E-state index contributed by atoms with van der Waals surface area (Å²) in [5, 5.41) is 6.73. The van der Waals surface area contributed by atoms with Crippen molar-refractivity contribution in [1.82, 2.24) is 20.2 Å². The van der Waals surface area contributed by atoms with Crippen LogP contribution in [0.2, 0.25) is 0 Å². The van der Waals surface area contributed by atoms with Crippen molar-refractivity contribution in [1.29, 1.82) is 0 Å². The quantitative estimate of drug-likeness (QED) is 0.215. The minimum absolute atomic E-state index is 0. The molecule has 0 radical (unpaired) electrons. The van der Waals surface area contributed by atoms with Gasteiger partial charge in [-0.2, -0.15) is 0 Å². The standard InChI is InChI=1S/C22H33N5O2.HI/c1-3-24-22(25-8-4-10-27-11-9-23-17-27)26-14-20-6-5-18(2)13-21(20)29-16-19-7-12-28-15-19;/h5-6,9,11,13,17,19H,3-4,7-8,10,12,14-16H2,1-2H3,(H2,24,25,26);1H. The minimum Gasteiger partial charge on any atom is -0.493 e. The van der Waals surface area contributed by atoms with Crippen LogP contribution in [0.4, 0.5) is 0 Å². The predicted octanol–water partition coefficient (Wildman–Crippen LogP) is 3.37. The number of nitrogens with zero attached hydrogens (tertiary/aromatic N) is 3. The van der Waals surface area contributed by atoms with Gasteiger partial charge in [-0.05, 0) is 38.3 Å². The normalized spacial score (nSPS) is 16.2. The maximum absolute atomic E-state index is 6.14. The first kappa shape index (κ1) is 24.5. The Balaban J connectivity index is 0.00000320. The molecule has 2 heterocycles. The van der Waals surface area contributed by atoms with E-state index in [0.29, 0.717) is 19.1 Å². The number of nitrogens with one attached hydrogen (secondary N) is 2. The van der Waals surface area contributed by atoms with Crippen LogP contribution in [0.5, 0.6) is 5.75 Å². The molecule has 2 aromatic rings. The van der Waals surface area contributed by atoms with Crippen LogP contribution in [0.15, 0.2) is 41.9 Å². The largest absolute Gasteiger partial charge is 0.493 e. The second kappa shape index (κ2) is 13.5. The molecule has 166 valence electrons. The lowest BCUT2D eigenvalue weighted by molar-refractivity contribution is 0.166. The number of aryl methyl sites for hydroxylation is 2. The highest BCUT2D eigenvalue weighted by atomic mass is 127. The third-order valence-electron chi connectivity index (χ3n) is 4.92. The first-order chi connectivity index (χ1) is 14.2. The highest BCUT2D eigenvalue weighted by Gasteiger charge is 2.17. The Labute approximate surface area is 196 Å². The molecule has 0 spiro atoms. The molecule has 2 N–H and O–H groups in total. The average Bonchev–Trinajstić information content (AvgIpc) is 3.42. The van der Waals surface area contributed by atoms with Crippen molar-refractivity contribution >= 4 is 29.9 Å². The molecule has 0 amide bonds. The molecule has 1 saturated heterocycles. The molecule has 1 aliphatic heterocycles. The van der Waals surface area contributed by atoms with Crippen LogP contribution < -0.4 is 15.4 Å². The average molecular weight is 527 g/mol. The van der Waals surface area contributed by atoms with E-state index in [4.69, 9.17) is 14.5 Å². The molecule has 1 fully saturated rings. The van der Waals surface area contributed by atoms with E-state index in [1.165, 1.54) is 5.56 Å². The lowest BCUT2D eigenvalue weighted by Crippen LogP contribution is -2.38. The smallest absolute Gasteiger partial charge is 0.191 e. The number of hydrogen-bond donors (Lipinski definition) is 2. The van der Waals surface area contributed by atoms with Crippen molar-refractivity contribution in [2.75, 3.05) is 32.9 Å². The van der Waals surface area contributed by atoms with Crippen LogP contribution >= 0.6 is 24.0 Å². The van der Waals surface area contributed by atoms with E-state index in [-0.39, 0.29) is 24.0 Å². The molecule has 30 heavy (non-hydrogen) atoms. The number of aliphatic imine (C=N–C) groups is 1. The van der Waals surface area contributed by atoms with Crippen molar-refractivity contribution in [3.63, 3.8) is 0 Å². The molecule has 8 heteroatoms. The molecule has 7 nitrogen and oxygen atoms in total. The maximum atomic E-state index is 6.14. The van der Waals surface area contributed by atoms with Gasteiger partial charge in [-0.25, -0.2) is 9.98 Å². The Bertz CT molecular complexity index is 761. The van der Waals surface area contributed by atoms with Crippen LogP contribution in [0.1, 0.15) is 30.9 Å². The number of guanidine groups is 1. The molecule has 1 unspecified atom stereocenters. The lowest BCUT2D eigenvalue weighted by Gasteiger charge is -2.15. The fourth-order valence-corrected chi connectivity index (χ4v) is 3.24. The van der Waals surface area contributed by atoms with Gasteiger partial charge in [0, 0.05) is 50.1 Å². The highest BCUT2D eigenvalue weighted by molar-refractivity contribution is 14.0. The molecule has 0 aliphatic carbocycles. The molecule has 3 rings (SSSR count). The van der Waals surface area contributed by atoms with Crippen LogP contribution in [0, 0.1) is 12.8 Å². The first-order valence-corrected chi connectivity index (χ1v) is 10.5. The number of imidazole rings is 1. The highest BCUT2D eigenvalue weighted by Crippen LogP contribution is 2.23. The zero-order valence-corrected chi connectivity index (χ0v) is 20.3. The van der Waals surface area contributed by atoms with E-state index < -0.39 is 0 Å². The molecule has 1 aliphatic rings. The van der Waals surface area contributed by atoms with Gasteiger partial charge < -0.3 is 24.7 Å². The molecule has 1 aromatic heterocycles. The summed E-state index contributed by atoms with van der Waals surface area (Å²) in [7, 11) is 0. The third kappa shape index (κ3) is 8.14. The van der Waals surface area contributed by atoms with E-state index in [2.05, 4.69) is 52.2 Å². The Morgan fingerprint density at radius 1 is 1.37 bits per heavy atom. The van der Waals surface area contributed by atoms with Crippen LogP contribution in [-0.2, 0) is 17.8 Å². The molecular formula is C22H34IN5O2. The van der Waals surface area contributed by atoms with Gasteiger partial charge in [-0.1, -0.05) is 12.1 Å². The van der Waals surface area contributed by atoms with Crippen LogP contribution in [0.3, 0.4) is 0 Å². The van der Waals surface area contributed by atoms with Gasteiger partial charge >= 0.3 is 0 Å². The van der Waals surface area contributed by atoms with E-state index in [1.54, 1.807) is 6.20 Å². The zero-order valence-electron chi connectivity index (χ0n) is 18.0. The molecule has 0 bridgehead atoms. The molecule has 1 atom stereocenters. The van der Waals surface area contributed by atoms with Gasteiger partial charge in [0.05, 0.1) is 26.1 Å². The summed E-state index contributed by atoms with van der Waals surface area (Å²) >= 11 is 0. The number of aromatic nitrogens is 2. The van der Waals surface area contributed by atoms with Gasteiger partial charge in [-0.3, -0.25) is 0 Å². The van der Waals surface area contributed by atoms with Crippen molar-refractivity contribution in [3.05, 3.63) is 48.0 Å². The summed E-state index contributed by atoms with van der Waals surface area (Å²) in [6.07, 6.45) is 7.71. The van der Waals surface area contributed by atoms with E-state index >= 15 is 0 Å². The molecule has 1 aromatic carbocycles. The van der Waals surface area contributed by atoms with E-state index in [1.807, 2.05) is 12.5 Å². The van der Waals surface area contributed by atoms with Gasteiger partial charge in [0.2, 0.25) is 0 Å². The summed E-state index contributed by atoms with van der Waals surface area (Å²) < 4.78 is 13.7. The zero-order chi connectivity index (χ0) is 20.3. The van der Waals surface area contributed by atoms with E-state index in [0.717, 1.165) is 63.0 Å². The molecular weight excluding hydrogens is 493 g/mol. The van der Waals surface area contributed by atoms with Crippen LogP contribution in [-0.4, -0.2) is 48.4 Å². The number of ether oxygens (including phenoxy) is 2. The van der Waals surface area contributed by atoms with Gasteiger partial charge in [0.25, 0.3) is 0 Å². The second-order valence-corrected chi connectivity index (χ2v) is 7.43. The van der Waals surface area contributed by atoms with Crippen molar-refractivity contribution in [3.8, 4) is 5.75 Å². The Morgan fingerprint density at radius 2 is 2.27 bits per heavy atom. The number of halogens is 1. The van der Waals surface area contributed by atoms with E-state index in [9.17, 15) is 0 Å². The fourth-order valence-electron chi connectivity index (χ4n) is 3.24. The summed E-state index contributed by atoms with van der Waals surface area (Å²) in [6, 6.07) is 6.33. The summed E-state index contributed by atoms with van der Waals surface area (Å²) in [6.45, 7) is 9.70. The third-order valence-corrected chi connectivity index (χ3v) is 4.92. The fraction of sp³-hybridized carbons (Fsp3) is 0.545. The van der Waals surface area contributed by atoms with Gasteiger partial charge in [0.15, 0.2) is 5.96 Å². The topological polar surface area (TPSA) is 72.7 Å². The Morgan fingerprint density at radius 3 is 3.00 bits per heavy atom. The predicted molar refractivity (Wildman–Crippen MR) is 131 cm³/mol. The van der Waals surface area contributed by atoms with Gasteiger partial charge in [0.1, 0.15) is 5.75 Å². The van der Waals surface area contributed by atoms with Crippen molar-refractivity contribution in [2.45, 2.75) is 39.8 Å². The summed E-state index contributed by atoms with van der Waals surface area (Å²) in [5.41, 5.74) is 2.30.